The van der Waals surface area contributed by atoms with E-state index in [0.29, 0.717) is 35.0 Å². The minimum absolute atomic E-state index is 0.221. The summed E-state index contributed by atoms with van der Waals surface area (Å²) in [6.45, 7) is 7.60. The van der Waals surface area contributed by atoms with E-state index in [1.54, 1.807) is 17.8 Å². The zero-order valence-electron chi connectivity index (χ0n) is 23.8. The maximum absolute atomic E-state index is 14.0. The molecule has 1 saturated heterocycles. The van der Waals surface area contributed by atoms with Gasteiger partial charge in [0, 0.05) is 47.6 Å². The fourth-order valence-electron chi connectivity index (χ4n) is 4.64. The number of thioether (sulfide) groups is 1. The van der Waals surface area contributed by atoms with E-state index in [1.807, 2.05) is 63.2 Å². The number of esters is 1. The van der Waals surface area contributed by atoms with Gasteiger partial charge >= 0.3 is 5.97 Å². The van der Waals surface area contributed by atoms with Gasteiger partial charge < -0.3 is 9.64 Å². The van der Waals surface area contributed by atoms with Gasteiger partial charge in [-0.2, -0.15) is 11.8 Å². The van der Waals surface area contributed by atoms with Crippen molar-refractivity contribution in [3.05, 3.63) is 83.6 Å². The molecule has 0 atom stereocenters. The first-order chi connectivity index (χ1) is 19.6. The molecular formula is C32H36ClN3O4S. The number of anilines is 3. The highest BCUT2D eigenvalue weighted by Crippen LogP contribution is 2.30. The molecule has 0 unspecified atom stereocenters. The van der Waals surface area contributed by atoms with Crippen molar-refractivity contribution in [1.29, 1.82) is 0 Å². The summed E-state index contributed by atoms with van der Waals surface area (Å²) in [7, 11) is 0. The maximum Gasteiger partial charge on any atom is 0.307 e. The van der Waals surface area contributed by atoms with Crippen LogP contribution >= 0.6 is 23.4 Å². The molecule has 1 amide bonds. The summed E-state index contributed by atoms with van der Waals surface area (Å²) in [6, 6.07) is 18.4. The monoisotopic (exact) mass is 593 g/mol. The highest BCUT2D eigenvalue weighted by atomic mass is 35.5. The SMILES string of the molecule is CC(C)(C)OC(=O)CCSCc1cccc(C(=O)N(c2ccc(N3CCCCC3)cc2)c2cc(C(=O)Cl)ccn2)c1. The Morgan fingerprint density at radius 2 is 1.71 bits per heavy atom. The summed E-state index contributed by atoms with van der Waals surface area (Å²) in [5.41, 5.74) is 2.96. The topological polar surface area (TPSA) is 79.8 Å². The van der Waals surface area contributed by atoms with Gasteiger partial charge in [0.1, 0.15) is 11.4 Å². The molecule has 7 nitrogen and oxygen atoms in total. The predicted molar refractivity (Wildman–Crippen MR) is 166 cm³/mol. The van der Waals surface area contributed by atoms with Crippen molar-refractivity contribution in [1.82, 2.24) is 4.98 Å². The molecule has 9 heteroatoms. The lowest BCUT2D eigenvalue weighted by Crippen LogP contribution is -2.29. The third kappa shape index (κ3) is 8.81. The van der Waals surface area contributed by atoms with Gasteiger partial charge in [0.05, 0.1) is 12.1 Å². The van der Waals surface area contributed by atoms with Gasteiger partial charge in [0.15, 0.2) is 0 Å². The van der Waals surface area contributed by atoms with E-state index in [0.717, 1.165) is 24.3 Å². The zero-order chi connectivity index (χ0) is 29.4. The number of halogens is 1. The minimum atomic E-state index is -0.619. The van der Waals surface area contributed by atoms with Crippen LogP contribution in [0.2, 0.25) is 0 Å². The molecule has 0 aliphatic carbocycles. The number of aromatic nitrogens is 1. The van der Waals surface area contributed by atoms with Gasteiger partial charge in [-0.25, -0.2) is 4.98 Å². The number of amides is 1. The van der Waals surface area contributed by atoms with Crippen LogP contribution in [0.25, 0.3) is 0 Å². The second kappa shape index (κ2) is 14.0. The molecular weight excluding hydrogens is 558 g/mol. The summed E-state index contributed by atoms with van der Waals surface area (Å²) in [4.78, 5) is 46.2. The Balaban J connectivity index is 1.54. The van der Waals surface area contributed by atoms with Crippen LogP contribution < -0.4 is 9.80 Å². The Hall–Kier alpha value is -3.36. The number of rotatable bonds is 10. The Morgan fingerprint density at radius 1 is 0.976 bits per heavy atom. The number of piperidine rings is 1. The molecule has 0 spiro atoms. The van der Waals surface area contributed by atoms with Crippen LogP contribution in [0.3, 0.4) is 0 Å². The van der Waals surface area contributed by atoms with E-state index in [2.05, 4.69) is 9.88 Å². The molecule has 1 aromatic heterocycles. The second-order valence-electron chi connectivity index (χ2n) is 11.0. The first-order valence-corrected chi connectivity index (χ1v) is 15.4. The molecule has 2 aromatic carbocycles. The summed E-state index contributed by atoms with van der Waals surface area (Å²) < 4.78 is 5.38. The number of ether oxygens (including phenoxy) is 1. The van der Waals surface area contributed by atoms with E-state index in [4.69, 9.17) is 16.3 Å². The molecule has 216 valence electrons. The lowest BCUT2D eigenvalue weighted by molar-refractivity contribution is -0.154. The largest absolute Gasteiger partial charge is 0.460 e. The molecule has 1 fully saturated rings. The lowest BCUT2D eigenvalue weighted by atomic mass is 10.1. The van der Waals surface area contributed by atoms with E-state index in [1.165, 1.54) is 42.5 Å². The van der Waals surface area contributed by atoms with Crippen LogP contribution in [0.5, 0.6) is 0 Å². The average Bonchev–Trinajstić information content (AvgIpc) is 2.96. The normalized spacial score (nSPS) is 13.5. The summed E-state index contributed by atoms with van der Waals surface area (Å²) in [6.07, 6.45) is 5.39. The Labute approximate surface area is 251 Å². The molecule has 2 heterocycles. The molecule has 0 N–H and O–H groups in total. The van der Waals surface area contributed by atoms with Crippen molar-refractivity contribution in [2.24, 2.45) is 0 Å². The summed E-state index contributed by atoms with van der Waals surface area (Å²) in [5.74, 6) is 1.07. The van der Waals surface area contributed by atoms with Crippen molar-refractivity contribution in [3.8, 4) is 0 Å². The molecule has 3 aromatic rings. The molecule has 4 rings (SSSR count). The zero-order valence-corrected chi connectivity index (χ0v) is 25.3. The predicted octanol–water partition coefficient (Wildman–Crippen LogP) is 7.39. The van der Waals surface area contributed by atoms with Gasteiger partial charge in [0.2, 0.25) is 0 Å². The van der Waals surface area contributed by atoms with Crippen molar-refractivity contribution >= 4 is 57.7 Å². The second-order valence-corrected chi connectivity index (χ2v) is 12.4. The number of pyridine rings is 1. The highest BCUT2D eigenvalue weighted by Gasteiger charge is 2.23. The van der Waals surface area contributed by atoms with Crippen molar-refractivity contribution in [3.63, 3.8) is 0 Å². The van der Waals surface area contributed by atoms with E-state index >= 15 is 0 Å². The molecule has 0 bridgehead atoms. The lowest BCUT2D eigenvalue weighted by Gasteiger charge is -2.29. The van der Waals surface area contributed by atoms with Gasteiger partial charge in [-0.05, 0) is 106 Å². The van der Waals surface area contributed by atoms with E-state index in [9.17, 15) is 14.4 Å². The number of hydrogen-bond donors (Lipinski definition) is 0. The maximum atomic E-state index is 14.0. The van der Waals surface area contributed by atoms with Crippen molar-refractivity contribution < 1.29 is 19.1 Å². The number of benzene rings is 2. The van der Waals surface area contributed by atoms with E-state index < -0.39 is 10.8 Å². The van der Waals surface area contributed by atoms with Gasteiger partial charge in [-0.1, -0.05) is 12.1 Å². The highest BCUT2D eigenvalue weighted by molar-refractivity contribution is 7.98. The number of hydrogen-bond acceptors (Lipinski definition) is 7. The molecule has 1 aliphatic heterocycles. The first kappa shape index (κ1) is 30.6. The molecule has 1 aliphatic rings. The van der Waals surface area contributed by atoms with Crippen LogP contribution in [0, 0.1) is 0 Å². The molecule has 0 saturated carbocycles. The molecule has 0 radical (unpaired) electrons. The smallest absolute Gasteiger partial charge is 0.307 e. The van der Waals surface area contributed by atoms with Gasteiger partial charge in [-0.3, -0.25) is 19.3 Å². The van der Waals surface area contributed by atoms with Gasteiger partial charge in [0.25, 0.3) is 11.1 Å². The van der Waals surface area contributed by atoms with Crippen molar-refractivity contribution in [2.75, 3.05) is 28.6 Å². The first-order valence-electron chi connectivity index (χ1n) is 13.8. The minimum Gasteiger partial charge on any atom is -0.460 e. The van der Waals surface area contributed by atoms with Gasteiger partial charge in [-0.15, -0.1) is 0 Å². The van der Waals surface area contributed by atoms with Crippen LogP contribution in [0.1, 0.15) is 72.7 Å². The van der Waals surface area contributed by atoms with Crippen LogP contribution in [0.4, 0.5) is 17.2 Å². The average molecular weight is 594 g/mol. The Kier molecular flexibility index (Phi) is 10.5. The Morgan fingerprint density at radius 3 is 2.39 bits per heavy atom. The van der Waals surface area contributed by atoms with Crippen LogP contribution in [0.15, 0.2) is 66.9 Å². The number of carbonyl (C=O) groups is 3. The van der Waals surface area contributed by atoms with Crippen molar-refractivity contribution in [2.45, 2.75) is 57.8 Å². The summed E-state index contributed by atoms with van der Waals surface area (Å²) >= 11 is 7.36. The van der Waals surface area contributed by atoms with E-state index in [-0.39, 0.29) is 17.4 Å². The van der Waals surface area contributed by atoms with Crippen LogP contribution in [-0.4, -0.2) is 46.5 Å². The summed E-state index contributed by atoms with van der Waals surface area (Å²) in [5, 5.41) is -0.619. The fraction of sp³-hybridized carbons (Fsp3) is 0.375. The Bertz CT molecular complexity index is 1370. The standard InChI is InChI=1S/C32H36ClN3O4S/c1-32(2,3)40-29(37)15-19-41-22-23-8-7-9-25(20-23)31(39)36(28-21-24(30(33)38)14-16-34-28)27-12-10-26(11-13-27)35-17-5-4-6-18-35/h7-14,16,20-21H,4-6,15,17-19,22H2,1-3H3. The quantitative estimate of drug-likeness (QED) is 0.138. The number of nitrogens with zero attached hydrogens (tertiary/aromatic N) is 3. The number of carbonyl (C=O) groups excluding carboxylic acids is 3. The molecule has 41 heavy (non-hydrogen) atoms. The van der Waals surface area contributed by atoms with Crippen LogP contribution in [-0.2, 0) is 15.3 Å². The third-order valence-electron chi connectivity index (χ3n) is 6.55. The fourth-order valence-corrected chi connectivity index (χ4v) is 5.63. The third-order valence-corrected chi connectivity index (χ3v) is 7.80.